The SMILES string of the molecule is CCOC(=O)c1ccc2c(c1)CC[C@@H]2N(C)CCN(C)C. The molecule has 1 aliphatic rings. The minimum absolute atomic E-state index is 0.218. The van der Waals surface area contributed by atoms with Gasteiger partial charge < -0.3 is 9.64 Å². The smallest absolute Gasteiger partial charge is 0.338 e. The number of ether oxygens (including phenoxy) is 1. The molecule has 21 heavy (non-hydrogen) atoms. The summed E-state index contributed by atoms with van der Waals surface area (Å²) in [5, 5.41) is 0. The van der Waals surface area contributed by atoms with Gasteiger partial charge in [0.25, 0.3) is 0 Å². The molecule has 2 rings (SSSR count). The lowest BCUT2D eigenvalue weighted by Crippen LogP contribution is -2.31. The van der Waals surface area contributed by atoms with E-state index in [-0.39, 0.29) is 5.97 Å². The topological polar surface area (TPSA) is 32.8 Å². The van der Waals surface area contributed by atoms with Crippen molar-refractivity contribution in [2.75, 3.05) is 40.8 Å². The van der Waals surface area contributed by atoms with Crippen LogP contribution in [0.5, 0.6) is 0 Å². The Bertz CT molecular complexity index is 500. The largest absolute Gasteiger partial charge is 0.462 e. The second kappa shape index (κ2) is 7.05. The second-order valence-corrected chi connectivity index (χ2v) is 5.97. The average molecular weight is 290 g/mol. The maximum Gasteiger partial charge on any atom is 0.338 e. The van der Waals surface area contributed by atoms with E-state index in [1.165, 1.54) is 11.1 Å². The third kappa shape index (κ3) is 3.83. The molecule has 0 amide bonds. The van der Waals surface area contributed by atoms with Crippen LogP contribution in [0, 0.1) is 0 Å². The van der Waals surface area contributed by atoms with Gasteiger partial charge in [0.15, 0.2) is 0 Å². The number of nitrogens with zero attached hydrogens (tertiary/aromatic N) is 2. The van der Waals surface area contributed by atoms with Gasteiger partial charge in [-0.15, -0.1) is 0 Å². The van der Waals surface area contributed by atoms with Crippen LogP contribution in [-0.4, -0.2) is 56.6 Å². The molecule has 4 heteroatoms. The number of carbonyl (C=O) groups excluding carboxylic acids is 1. The molecule has 0 aliphatic heterocycles. The lowest BCUT2D eigenvalue weighted by atomic mass is 10.0. The van der Waals surface area contributed by atoms with Crippen molar-refractivity contribution in [1.29, 1.82) is 0 Å². The number of fused-ring (bicyclic) bond motifs is 1. The fourth-order valence-corrected chi connectivity index (χ4v) is 2.91. The van der Waals surface area contributed by atoms with E-state index in [0.29, 0.717) is 18.2 Å². The number of aryl methyl sites for hydroxylation is 1. The molecule has 1 aromatic carbocycles. The summed E-state index contributed by atoms with van der Waals surface area (Å²) in [6, 6.07) is 6.48. The first-order valence-electron chi connectivity index (χ1n) is 7.67. The molecule has 0 fully saturated rings. The molecule has 0 bridgehead atoms. The molecule has 0 aromatic heterocycles. The highest BCUT2D eigenvalue weighted by molar-refractivity contribution is 5.89. The Balaban J connectivity index is 2.08. The van der Waals surface area contributed by atoms with Crippen LogP contribution in [0.3, 0.4) is 0 Å². The normalized spacial score (nSPS) is 17.3. The van der Waals surface area contributed by atoms with Crippen LogP contribution < -0.4 is 0 Å². The van der Waals surface area contributed by atoms with E-state index < -0.39 is 0 Å². The van der Waals surface area contributed by atoms with Gasteiger partial charge in [-0.1, -0.05) is 6.07 Å². The van der Waals surface area contributed by atoms with Crippen molar-refractivity contribution in [3.05, 3.63) is 34.9 Å². The molecule has 116 valence electrons. The van der Waals surface area contributed by atoms with Crippen LogP contribution in [0.15, 0.2) is 18.2 Å². The fraction of sp³-hybridized carbons (Fsp3) is 0.588. The van der Waals surface area contributed by atoms with Crippen LogP contribution in [0.25, 0.3) is 0 Å². The summed E-state index contributed by atoms with van der Waals surface area (Å²) in [4.78, 5) is 16.4. The Labute approximate surface area is 127 Å². The van der Waals surface area contributed by atoms with Crippen LogP contribution in [-0.2, 0) is 11.2 Å². The predicted octanol–water partition coefficient (Wildman–Crippen LogP) is 2.34. The highest BCUT2D eigenvalue weighted by Crippen LogP contribution is 2.35. The molecule has 0 spiro atoms. The second-order valence-electron chi connectivity index (χ2n) is 5.97. The molecular weight excluding hydrogens is 264 g/mol. The number of hydrogen-bond donors (Lipinski definition) is 0. The third-order valence-corrected chi connectivity index (χ3v) is 4.13. The minimum Gasteiger partial charge on any atom is -0.462 e. The Morgan fingerprint density at radius 2 is 2.05 bits per heavy atom. The first-order valence-corrected chi connectivity index (χ1v) is 7.67. The van der Waals surface area contributed by atoms with Gasteiger partial charge in [-0.3, -0.25) is 4.90 Å². The van der Waals surface area contributed by atoms with E-state index in [4.69, 9.17) is 4.74 Å². The van der Waals surface area contributed by atoms with Gasteiger partial charge in [0, 0.05) is 19.1 Å². The summed E-state index contributed by atoms with van der Waals surface area (Å²) in [5.41, 5.74) is 3.33. The molecule has 0 heterocycles. The minimum atomic E-state index is -0.218. The zero-order valence-corrected chi connectivity index (χ0v) is 13.6. The molecule has 0 radical (unpaired) electrons. The van der Waals surface area contributed by atoms with Crippen molar-refractivity contribution in [2.24, 2.45) is 0 Å². The standard InChI is InChI=1S/C17H26N2O2/c1-5-21-17(20)14-6-8-15-13(12-14)7-9-16(15)19(4)11-10-18(2)3/h6,8,12,16H,5,7,9-11H2,1-4H3/t16-/m0/s1. The molecule has 4 nitrogen and oxygen atoms in total. The summed E-state index contributed by atoms with van der Waals surface area (Å²) in [5.74, 6) is -0.218. The van der Waals surface area contributed by atoms with Gasteiger partial charge in [0.1, 0.15) is 0 Å². The highest BCUT2D eigenvalue weighted by Gasteiger charge is 2.26. The molecule has 0 saturated heterocycles. The fourth-order valence-electron chi connectivity index (χ4n) is 2.91. The Morgan fingerprint density at radius 1 is 1.29 bits per heavy atom. The molecule has 1 atom stereocenters. The maximum atomic E-state index is 11.8. The number of likely N-dealkylation sites (N-methyl/N-ethyl adjacent to an activating group) is 2. The zero-order valence-electron chi connectivity index (χ0n) is 13.6. The molecule has 0 unspecified atom stereocenters. The molecule has 0 N–H and O–H groups in total. The number of esters is 1. The molecule has 1 aromatic rings. The molecular formula is C17H26N2O2. The Kier molecular flexibility index (Phi) is 5.37. The van der Waals surface area contributed by atoms with Crippen molar-refractivity contribution in [1.82, 2.24) is 9.80 Å². The van der Waals surface area contributed by atoms with Crippen molar-refractivity contribution in [3.63, 3.8) is 0 Å². The van der Waals surface area contributed by atoms with Crippen molar-refractivity contribution < 1.29 is 9.53 Å². The van der Waals surface area contributed by atoms with E-state index in [1.807, 2.05) is 19.1 Å². The number of rotatable bonds is 6. The molecule has 0 saturated carbocycles. The summed E-state index contributed by atoms with van der Waals surface area (Å²) in [6.07, 6.45) is 2.17. The van der Waals surface area contributed by atoms with Crippen molar-refractivity contribution in [2.45, 2.75) is 25.8 Å². The van der Waals surface area contributed by atoms with Crippen molar-refractivity contribution >= 4 is 5.97 Å². The van der Waals surface area contributed by atoms with E-state index >= 15 is 0 Å². The van der Waals surface area contributed by atoms with E-state index in [0.717, 1.165) is 25.9 Å². The number of carbonyl (C=O) groups is 1. The van der Waals surface area contributed by atoms with Gasteiger partial charge in [0.2, 0.25) is 0 Å². The van der Waals surface area contributed by atoms with Crippen LogP contribution in [0.4, 0.5) is 0 Å². The Morgan fingerprint density at radius 3 is 2.71 bits per heavy atom. The zero-order chi connectivity index (χ0) is 15.4. The quantitative estimate of drug-likeness (QED) is 0.753. The van der Waals surface area contributed by atoms with E-state index in [1.54, 1.807) is 0 Å². The lowest BCUT2D eigenvalue weighted by molar-refractivity contribution is 0.0526. The van der Waals surface area contributed by atoms with Crippen LogP contribution in [0.2, 0.25) is 0 Å². The van der Waals surface area contributed by atoms with Crippen LogP contribution in [0.1, 0.15) is 40.9 Å². The third-order valence-electron chi connectivity index (χ3n) is 4.13. The first-order chi connectivity index (χ1) is 10.0. The Hall–Kier alpha value is -1.39. The average Bonchev–Trinajstić information content (AvgIpc) is 2.88. The van der Waals surface area contributed by atoms with Gasteiger partial charge in [-0.2, -0.15) is 0 Å². The predicted molar refractivity (Wildman–Crippen MR) is 84.6 cm³/mol. The van der Waals surface area contributed by atoms with E-state index in [9.17, 15) is 4.79 Å². The van der Waals surface area contributed by atoms with Crippen LogP contribution >= 0.6 is 0 Å². The van der Waals surface area contributed by atoms with Gasteiger partial charge in [-0.25, -0.2) is 4.79 Å². The highest BCUT2D eigenvalue weighted by atomic mass is 16.5. The van der Waals surface area contributed by atoms with Gasteiger partial charge in [0.05, 0.1) is 12.2 Å². The number of hydrogen-bond acceptors (Lipinski definition) is 4. The first kappa shape index (κ1) is 16.0. The van der Waals surface area contributed by atoms with Gasteiger partial charge in [-0.05, 0) is 64.2 Å². The number of benzene rings is 1. The monoisotopic (exact) mass is 290 g/mol. The summed E-state index contributed by atoms with van der Waals surface area (Å²) in [6.45, 7) is 4.37. The maximum absolute atomic E-state index is 11.8. The summed E-state index contributed by atoms with van der Waals surface area (Å²) < 4.78 is 5.07. The van der Waals surface area contributed by atoms with Crippen molar-refractivity contribution in [3.8, 4) is 0 Å². The van der Waals surface area contributed by atoms with E-state index in [2.05, 4.69) is 37.0 Å². The molecule has 1 aliphatic carbocycles. The summed E-state index contributed by atoms with van der Waals surface area (Å²) in [7, 11) is 6.38. The van der Waals surface area contributed by atoms with Gasteiger partial charge >= 0.3 is 5.97 Å². The summed E-state index contributed by atoms with van der Waals surface area (Å²) >= 11 is 0. The lowest BCUT2D eigenvalue weighted by Gasteiger charge is -2.26.